The number of hydrogen-bond donors (Lipinski definition) is 4. The minimum Gasteiger partial charge on any atom is -0.342 e. The lowest BCUT2D eigenvalue weighted by Gasteiger charge is -2.44. The van der Waals surface area contributed by atoms with Gasteiger partial charge in [-0.1, -0.05) is 19.1 Å². The molecule has 7 rings (SSSR count). The Hall–Kier alpha value is -3.87. The van der Waals surface area contributed by atoms with E-state index in [4.69, 9.17) is 0 Å². The van der Waals surface area contributed by atoms with Gasteiger partial charge in [0, 0.05) is 74.7 Å². The number of benzene rings is 1. The molecule has 2 atom stereocenters. The molecule has 5 aliphatic rings. The summed E-state index contributed by atoms with van der Waals surface area (Å²) in [7, 11) is 0. The van der Waals surface area contributed by atoms with Crippen molar-refractivity contribution in [3.8, 4) is 0 Å². The second kappa shape index (κ2) is 13.0. The number of piperazine rings is 1. The molecule has 3 saturated heterocycles. The molecule has 0 saturated carbocycles. The first kappa shape index (κ1) is 31.7. The van der Waals surface area contributed by atoms with Gasteiger partial charge in [-0.3, -0.25) is 24.1 Å². The zero-order valence-electron chi connectivity index (χ0n) is 27.3. The molecule has 1 aromatic carbocycles. The van der Waals surface area contributed by atoms with Crippen LogP contribution in [0.2, 0.25) is 0 Å². The maximum absolute atomic E-state index is 14.3. The van der Waals surface area contributed by atoms with Gasteiger partial charge in [-0.05, 0) is 74.4 Å². The lowest BCUT2D eigenvalue weighted by molar-refractivity contribution is -0.151. The van der Waals surface area contributed by atoms with Crippen molar-refractivity contribution in [3.05, 3.63) is 53.2 Å². The average molecular weight is 643 g/mol. The maximum atomic E-state index is 14.3. The van der Waals surface area contributed by atoms with Gasteiger partial charge >= 0.3 is 0 Å². The molecule has 12 heteroatoms. The van der Waals surface area contributed by atoms with Crippen molar-refractivity contribution in [3.63, 3.8) is 0 Å². The largest absolute Gasteiger partial charge is 0.342 e. The summed E-state index contributed by atoms with van der Waals surface area (Å²) < 4.78 is 0. The number of pyridine rings is 1. The third-order valence-corrected chi connectivity index (χ3v) is 11.1. The lowest BCUT2D eigenvalue weighted by Crippen LogP contribution is -2.57. The first-order valence-electron chi connectivity index (χ1n) is 17.2. The molecular weight excluding hydrogens is 596 g/mol. The molecule has 1 spiro atoms. The van der Waals surface area contributed by atoms with E-state index in [1.165, 1.54) is 0 Å². The smallest absolute Gasteiger partial charge is 0.244 e. The van der Waals surface area contributed by atoms with Crippen LogP contribution in [0.25, 0.3) is 0 Å². The molecule has 0 bridgehead atoms. The molecule has 0 unspecified atom stereocenters. The third kappa shape index (κ3) is 6.26. The van der Waals surface area contributed by atoms with Crippen LogP contribution >= 0.6 is 0 Å². The number of aromatic nitrogens is 1. The number of rotatable bonds is 7. The number of fused-ring (bicyclic) bond motifs is 3. The van der Waals surface area contributed by atoms with Gasteiger partial charge in [0.25, 0.3) is 0 Å². The fourth-order valence-corrected chi connectivity index (χ4v) is 8.14. The van der Waals surface area contributed by atoms with Gasteiger partial charge in [0.2, 0.25) is 23.6 Å². The molecule has 5 heterocycles. The number of likely N-dealkylation sites (tertiary alicyclic amines) is 1. The molecule has 47 heavy (non-hydrogen) atoms. The minimum atomic E-state index is -0.674. The highest BCUT2D eigenvalue weighted by Gasteiger charge is 2.51. The Bertz CT molecular complexity index is 1540. The van der Waals surface area contributed by atoms with Gasteiger partial charge in [0.15, 0.2) is 0 Å². The van der Waals surface area contributed by atoms with Gasteiger partial charge in [-0.15, -0.1) is 0 Å². The number of piperidine rings is 2. The Balaban J connectivity index is 1.00. The first-order valence-corrected chi connectivity index (χ1v) is 17.2. The Labute approximate surface area is 276 Å². The molecule has 0 radical (unpaired) electrons. The number of amides is 4. The van der Waals surface area contributed by atoms with Crippen LogP contribution < -0.4 is 21.3 Å². The molecule has 1 aromatic heterocycles. The molecule has 1 aliphatic carbocycles. The zero-order chi connectivity index (χ0) is 32.6. The minimum absolute atomic E-state index is 0.00836. The summed E-state index contributed by atoms with van der Waals surface area (Å²) in [6, 6.07) is 9.61. The predicted octanol–water partition coefficient (Wildman–Crippen LogP) is 1.12. The third-order valence-electron chi connectivity index (χ3n) is 11.1. The monoisotopic (exact) mass is 642 g/mol. The molecule has 3 fully saturated rings. The van der Waals surface area contributed by atoms with E-state index in [2.05, 4.69) is 31.2 Å². The van der Waals surface area contributed by atoms with Crippen molar-refractivity contribution < 1.29 is 19.2 Å². The van der Waals surface area contributed by atoms with Gasteiger partial charge in [0.05, 0.1) is 12.0 Å². The molecule has 4 aliphatic heterocycles. The number of anilines is 2. The topological polar surface area (TPSA) is 139 Å². The number of nitrogens with one attached hydrogen (secondary N) is 4. The normalized spacial score (nSPS) is 25.2. The van der Waals surface area contributed by atoms with Gasteiger partial charge in [-0.25, -0.2) is 4.98 Å². The van der Waals surface area contributed by atoms with Crippen LogP contribution in [0.15, 0.2) is 36.5 Å². The molecular formula is C35H46N8O4. The maximum Gasteiger partial charge on any atom is 0.244 e. The van der Waals surface area contributed by atoms with Crippen LogP contribution in [-0.2, 0) is 37.4 Å². The summed E-state index contributed by atoms with van der Waals surface area (Å²) in [4.78, 5) is 64.3. The summed E-state index contributed by atoms with van der Waals surface area (Å²) in [5.41, 5.74) is 2.39. The molecule has 4 amide bonds. The van der Waals surface area contributed by atoms with Gasteiger partial charge in [0.1, 0.15) is 12.4 Å². The van der Waals surface area contributed by atoms with Crippen LogP contribution in [0.4, 0.5) is 11.5 Å². The summed E-state index contributed by atoms with van der Waals surface area (Å²) in [6.07, 6.45) is 5.77. The highest BCUT2D eigenvalue weighted by molar-refractivity contribution is 6.06. The number of hydrogen-bond acceptors (Lipinski definition) is 8. The number of nitrogens with zero attached hydrogens (tertiary/aromatic N) is 4. The van der Waals surface area contributed by atoms with Crippen molar-refractivity contribution in [2.75, 3.05) is 76.1 Å². The van der Waals surface area contributed by atoms with Gasteiger partial charge < -0.3 is 31.1 Å². The number of carbonyl (C=O) groups excluding carboxylic acids is 4. The van der Waals surface area contributed by atoms with Crippen LogP contribution in [0.5, 0.6) is 0 Å². The van der Waals surface area contributed by atoms with E-state index < -0.39 is 10.8 Å². The van der Waals surface area contributed by atoms with Gasteiger partial charge in [-0.2, -0.15) is 0 Å². The Morgan fingerprint density at radius 1 is 1.02 bits per heavy atom. The Kier molecular flexibility index (Phi) is 8.75. The number of carbonyl (C=O) groups is 4. The summed E-state index contributed by atoms with van der Waals surface area (Å²) in [5, 5.41) is 12.7. The average Bonchev–Trinajstić information content (AvgIpc) is 3.60. The van der Waals surface area contributed by atoms with Crippen LogP contribution in [-0.4, -0.2) is 115 Å². The zero-order valence-corrected chi connectivity index (χ0v) is 27.3. The van der Waals surface area contributed by atoms with Crippen LogP contribution in [0.3, 0.4) is 0 Å². The fraction of sp³-hybridized carbons (Fsp3) is 0.571. The van der Waals surface area contributed by atoms with E-state index in [0.29, 0.717) is 63.4 Å². The summed E-state index contributed by atoms with van der Waals surface area (Å²) in [6.45, 7) is 8.59. The predicted molar refractivity (Wildman–Crippen MR) is 178 cm³/mol. The molecule has 12 nitrogen and oxygen atoms in total. The molecule has 2 aromatic rings. The van der Waals surface area contributed by atoms with Crippen LogP contribution in [0, 0.1) is 5.41 Å². The van der Waals surface area contributed by atoms with Crippen molar-refractivity contribution in [1.82, 2.24) is 30.3 Å². The van der Waals surface area contributed by atoms with Crippen molar-refractivity contribution >= 4 is 35.1 Å². The van der Waals surface area contributed by atoms with E-state index in [9.17, 15) is 19.2 Å². The molecule has 4 N–H and O–H groups in total. The summed E-state index contributed by atoms with van der Waals surface area (Å²) in [5.74, 6) is 0.472. The van der Waals surface area contributed by atoms with E-state index in [1.54, 1.807) is 11.1 Å². The lowest BCUT2D eigenvalue weighted by atomic mass is 9.78. The highest BCUT2D eigenvalue weighted by Crippen LogP contribution is 2.47. The van der Waals surface area contributed by atoms with E-state index in [0.717, 1.165) is 62.3 Å². The second-order valence-electron chi connectivity index (χ2n) is 14.2. The standard InChI is InChI=1S/C35H46N8O4/c1-34(8-14-42(15-9-34)30(45)23-41-16-12-36-13-17-41)33(47)43(27-4-2-10-37-21-27)22-29(44)39-26-7-6-24-19-35(20-25(24)18-26)28-5-3-11-38-31(28)40-32(35)46/h3,5-7,11,18,27,36-37H,2,4,8-10,12-17,19-23H2,1H3,(H,39,44)(H,38,40,46)/t27-,35+/m0/s1. The highest BCUT2D eigenvalue weighted by atomic mass is 16.2. The SMILES string of the molecule is CC1(C(=O)N(CC(=O)Nc2ccc3c(c2)C[C@@]2(C3)C(=O)Nc3ncccc32)[C@H]2CCCNC2)CCN(C(=O)CN2CCNCC2)CC1. The molecule has 250 valence electrons. The van der Waals surface area contributed by atoms with E-state index in [-0.39, 0.29) is 36.2 Å². The Morgan fingerprint density at radius 2 is 1.81 bits per heavy atom. The first-order chi connectivity index (χ1) is 22.7. The quantitative estimate of drug-likeness (QED) is 0.353. The van der Waals surface area contributed by atoms with Crippen molar-refractivity contribution in [1.29, 1.82) is 0 Å². The summed E-state index contributed by atoms with van der Waals surface area (Å²) >= 11 is 0. The van der Waals surface area contributed by atoms with E-state index >= 15 is 0 Å². The van der Waals surface area contributed by atoms with Crippen molar-refractivity contribution in [2.45, 2.75) is 56.9 Å². The van der Waals surface area contributed by atoms with Crippen molar-refractivity contribution in [2.24, 2.45) is 5.41 Å². The fourth-order valence-electron chi connectivity index (χ4n) is 8.14. The van der Waals surface area contributed by atoms with Crippen LogP contribution in [0.1, 0.15) is 49.3 Å². The van der Waals surface area contributed by atoms with E-state index in [1.807, 2.05) is 42.2 Å². The second-order valence-corrected chi connectivity index (χ2v) is 14.2. The Morgan fingerprint density at radius 3 is 2.57 bits per heavy atom.